The van der Waals surface area contributed by atoms with E-state index in [2.05, 4.69) is 10.5 Å². The van der Waals surface area contributed by atoms with Crippen LogP contribution >= 0.6 is 0 Å². The van der Waals surface area contributed by atoms with Crippen LogP contribution in [0.15, 0.2) is 23.4 Å². The Balaban J connectivity index is 3.08. The number of amidine groups is 1. The summed E-state index contributed by atoms with van der Waals surface area (Å²) < 4.78 is 18.8. The molecule has 0 aromatic heterocycles. The van der Waals surface area contributed by atoms with Crippen molar-refractivity contribution in [2.24, 2.45) is 10.9 Å². The molecule has 0 spiro atoms. The van der Waals surface area contributed by atoms with E-state index < -0.39 is 17.3 Å². The summed E-state index contributed by atoms with van der Waals surface area (Å²) in [6, 6.07) is 3.94. The molecule has 116 valence electrons. The van der Waals surface area contributed by atoms with Crippen LogP contribution in [0.2, 0.25) is 0 Å². The maximum absolute atomic E-state index is 13.9. The second-order valence-electron chi connectivity index (χ2n) is 4.57. The molecular formula is C14H20FN3O3. The van der Waals surface area contributed by atoms with Crippen molar-refractivity contribution in [3.05, 3.63) is 29.6 Å². The maximum atomic E-state index is 13.9. The number of nitrogens with two attached hydrogens (primary N) is 1. The van der Waals surface area contributed by atoms with E-state index in [1.54, 1.807) is 13.8 Å². The summed E-state index contributed by atoms with van der Waals surface area (Å²) >= 11 is 0. The first-order valence-electron chi connectivity index (χ1n) is 6.58. The van der Waals surface area contributed by atoms with E-state index in [1.165, 1.54) is 19.2 Å². The van der Waals surface area contributed by atoms with Gasteiger partial charge in [-0.2, -0.15) is 0 Å². The standard InChI is InChI=1S/C14H20FN3O3/c1-4-14(5-2,13(16)18-20)17-12(19)10-7-6-9(21-3)8-11(10)15/h6-8,20H,4-5H2,1-3H3,(H2,16,18)(H,17,19). The van der Waals surface area contributed by atoms with Crippen molar-refractivity contribution in [3.63, 3.8) is 0 Å². The second kappa shape index (κ2) is 6.92. The van der Waals surface area contributed by atoms with Gasteiger partial charge in [-0.25, -0.2) is 4.39 Å². The average Bonchev–Trinajstić information content (AvgIpc) is 2.51. The number of hydrogen-bond acceptors (Lipinski definition) is 4. The van der Waals surface area contributed by atoms with Crippen LogP contribution in [0.1, 0.15) is 37.0 Å². The van der Waals surface area contributed by atoms with Crippen molar-refractivity contribution in [2.75, 3.05) is 7.11 Å². The van der Waals surface area contributed by atoms with Crippen LogP contribution in [0.4, 0.5) is 4.39 Å². The van der Waals surface area contributed by atoms with E-state index in [1.807, 2.05) is 0 Å². The molecule has 7 heteroatoms. The van der Waals surface area contributed by atoms with Crippen molar-refractivity contribution in [1.82, 2.24) is 5.32 Å². The van der Waals surface area contributed by atoms with Gasteiger partial charge in [-0.15, -0.1) is 0 Å². The highest BCUT2D eigenvalue weighted by Gasteiger charge is 2.34. The molecule has 1 amide bonds. The molecule has 6 nitrogen and oxygen atoms in total. The lowest BCUT2D eigenvalue weighted by molar-refractivity contribution is 0.0913. The Morgan fingerprint density at radius 1 is 1.48 bits per heavy atom. The number of carbonyl (C=O) groups is 1. The molecule has 0 aliphatic carbocycles. The van der Waals surface area contributed by atoms with Gasteiger partial charge in [-0.05, 0) is 25.0 Å². The molecule has 0 aliphatic heterocycles. The number of amides is 1. The van der Waals surface area contributed by atoms with Crippen LogP contribution in [0, 0.1) is 5.82 Å². The number of carbonyl (C=O) groups excluding carboxylic acids is 1. The molecule has 21 heavy (non-hydrogen) atoms. The first kappa shape index (κ1) is 16.7. The van der Waals surface area contributed by atoms with Crippen molar-refractivity contribution < 1.29 is 19.1 Å². The minimum Gasteiger partial charge on any atom is -0.497 e. The van der Waals surface area contributed by atoms with E-state index in [4.69, 9.17) is 15.7 Å². The van der Waals surface area contributed by atoms with Crippen LogP contribution in [-0.4, -0.2) is 29.6 Å². The molecule has 0 saturated heterocycles. The molecule has 4 N–H and O–H groups in total. The van der Waals surface area contributed by atoms with Crippen LogP contribution in [0.25, 0.3) is 0 Å². The predicted octanol–water partition coefficient (Wildman–Crippen LogP) is 1.87. The molecule has 0 atom stereocenters. The van der Waals surface area contributed by atoms with Gasteiger partial charge in [-0.1, -0.05) is 19.0 Å². The Kier molecular flexibility index (Phi) is 5.52. The Morgan fingerprint density at radius 2 is 2.10 bits per heavy atom. The lowest BCUT2D eigenvalue weighted by Gasteiger charge is -2.31. The van der Waals surface area contributed by atoms with Gasteiger partial charge < -0.3 is 21.0 Å². The highest BCUT2D eigenvalue weighted by atomic mass is 19.1. The summed E-state index contributed by atoms with van der Waals surface area (Å²) in [5.74, 6) is -1.13. The molecule has 1 aromatic rings. The highest BCUT2D eigenvalue weighted by molar-refractivity contribution is 6.00. The molecule has 0 fully saturated rings. The van der Waals surface area contributed by atoms with Gasteiger partial charge in [0.05, 0.1) is 12.7 Å². The molecule has 0 aliphatic rings. The largest absolute Gasteiger partial charge is 0.497 e. The Bertz CT molecular complexity index is 542. The third-order valence-corrected chi connectivity index (χ3v) is 3.58. The molecule has 1 rings (SSSR count). The summed E-state index contributed by atoms with van der Waals surface area (Å²) in [5, 5.41) is 14.5. The highest BCUT2D eigenvalue weighted by Crippen LogP contribution is 2.20. The zero-order valence-electron chi connectivity index (χ0n) is 12.3. The normalized spacial score (nSPS) is 12.1. The quantitative estimate of drug-likeness (QED) is 0.323. The number of rotatable bonds is 6. The molecule has 1 aromatic carbocycles. The first-order valence-corrected chi connectivity index (χ1v) is 6.58. The van der Waals surface area contributed by atoms with Crippen LogP contribution in [0.5, 0.6) is 5.75 Å². The van der Waals surface area contributed by atoms with Crippen molar-refractivity contribution in [2.45, 2.75) is 32.2 Å². The van der Waals surface area contributed by atoms with E-state index in [-0.39, 0.29) is 11.4 Å². The van der Waals surface area contributed by atoms with Crippen molar-refractivity contribution in [1.29, 1.82) is 0 Å². The number of nitrogens with one attached hydrogen (secondary N) is 1. The van der Waals surface area contributed by atoms with E-state index in [9.17, 15) is 9.18 Å². The molecule has 0 saturated carbocycles. The summed E-state index contributed by atoms with van der Waals surface area (Å²) in [7, 11) is 1.41. The molecular weight excluding hydrogens is 277 g/mol. The minimum atomic E-state index is -1.02. The fourth-order valence-electron chi connectivity index (χ4n) is 2.04. The fourth-order valence-corrected chi connectivity index (χ4v) is 2.04. The van der Waals surface area contributed by atoms with Crippen LogP contribution in [-0.2, 0) is 0 Å². The van der Waals surface area contributed by atoms with Crippen LogP contribution in [0.3, 0.4) is 0 Å². The SMILES string of the molecule is CCC(CC)(NC(=O)c1ccc(OC)cc1F)/C(N)=N/O. The molecule has 0 bridgehead atoms. The Labute approximate surface area is 122 Å². The molecule has 0 radical (unpaired) electrons. The second-order valence-corrected chi connectivity index (χ2v) is 4.57. The lowest BCUT2D eigenvalue weighted by atomic mass is 9.91. The predicted molar refractivity (Wildman–Crippen MR) is 77.1 cm³/mol. The third-order valence-electron chi connectivity index (χ3n) is 3.58. The summed E-state index contributed by atoms with van der Waals surface area (Å²) in [6.45, 7) is 3.57. The van der Waals surface area contributed by atoms with Gasteiger partial charge in [0, 0.05) is 6.07 Å². The van der Waals surface area contributed by atoms with Crippen LogP contribution < -0.4 is 15.8 Å². The van der Waals surface area contributed by atoms with E-state index >= 15 is 0 Å². The van der Waals surface area contributed by atoms with Gasteiger partial charge in [-0.3, -0.25) is 4.79 Å². The van der Waals surface area contributed by atoms with Crippen molar-refractivity contribution >= 4 is 11.7 Å². The van der Waals surface area contributed by atoms with Gasteiger partial charge in [0.2, 0.25) is 0 Å². The van der Waals surface area contributed by atoms with Gasteiger partial charge in [0.1, 0.15) is 17.1 Å². The number of benzene rings is 1. The Morgan fingerprint density at radius 3 is 2.52 bits per heavy atom. The number of nitrogens with zero attached hydrogens (tertiary/aromatic N) is 1. The summed E-state index contributed by atoms with van der Waals surface area (Å²) in [6.07, 6.45) is 0.811. The van der Waals surface area contributed by atoms with E-state index in [0.717, 1.165) is 6.07 Å². The number of methoxy groups -OCH3 is 1. The number of ether oxygens (including phenoxy) is 1. The summed E-state index contributed by atoms with van der Waals surface area (Å²) in [5.41, 5.74) is 4.51. The average molecular weight is 297 g/mol. The number of oxime groups is 1. The summed E-state index contributed by atoms with van der Waals surface area (Å²) in [4.78, 5) is 12.2. The zero-order valence-corrected chi connectivity index (χ0v) is 12.3. The molecule has 0 unspecified atom stereocenters. The van der Waals surface area contributed by atoms with Gasteiger partial charge >= 0.3 is 0 Å². The third kappa shape index (κ3) is 3.42. The van der Waals surface area contributed by atoms with Crippen molar-refractivity contribution in [3.8, 4) is 5.75 Å². The molecule has 0 heterocycles. The topological polar surface area (TPSA) is 96.9 Å². The Hall–Kier alpha value is -2.31. The number of halogens is 1. The van der Waals surface area contributed by atoms with E-state index in [0.29, 0.717) is 18.6 Å². The monoisotopic (exact) mass is 297 g/mol. The fraction of sp³-hybridized carbons (Fsp3) is 0.429. The van der Waals surface area contributed by atoms with Gasteiger partial charge in [0.25, 0.3) is 5.91 Å². The lowest BCUT2D eigenvalue weighted by Crippen LogP contribution is -2.57. The first-order chi connectivity index (χ1) is 9.93. The smallest absolute Gasteiger partial charge is 0.255 e. The minimum absolute atomic E-state index is 0.116. The zero-order chi connectivity index (χ0) is 16.0. The van der Waals surface area contributed by atoms with Gasteiger partial charge in [0.15, 0.2) is 5.84 Å². The number of hydrogen-bond donors (Lipinski definition) is 3. The maximum Gasteiger partial charge on any atom is 0.255 e.